The number of alkyl halides is 3. The molecule has 5 nitrogen and oxygen atoms in total. The summed E-state index contributed by atoms with van der Waals surface area (Å²) < 4.78 is 37.8. The molecule has 1 heterocycles. The van der Waals surface area contributed by atoms with Crippen LogP contribution in [0.4, 0.5) is 13.2 Å². The summed E-state index contributed by atoms with van der Waals surface area (Å²) in [6.07, 6.45) is -4.92. The number of nitrogens with zero attached hydrogens (tertiary/aromatic N) is 1. The molecule has 0 aliphatic carbocycles. The molecule has 1 aromatic rings. The summed E-state index contributed by atoms with van der Waals surface area (Å²) in [6.45, 7) is 1.16. The van der Waals surface area contributed by atoms with Crippen LogP contribution in [0.1, 0.15) is 30.5 Å². The first-order chi connectivity index (χ1) is 10.7. The van der Waals surface area contributed by atoms with Crippen molar-refractivity contribution in [2.75, 3.05) is 13.1 Å². The predicted octanol–water partition coefficient (Wildman–Crippen LogP) is 1.48. The summed E-state index contributed by atoms with van der Waals surface area (Å²) in [5.41, 5.74) is -0.248. The van der Waals surface area contributed by atoms with E-state index in [-0.39, 0.29) is 31.3 Å². The van der Waals surface area contributed by atoms with Crippen LogP contribution in [0.5, 0.6) is 0 Å². The Balaban J connectivity index is 2.15. The molecule has 2 N–H and O–H groups in total. The zero-order valence-corrected chi connectivity index (χ0v) is 12.4. The van der Waals surface area contributed by atoms with Crippen LogP contribution >= 0.6 is 0 Å². The molecule has 2 atom stereocenters. The van der Waals surface area contributed by atoms with Gasteiger partial charge in [-0.25, -0.2) is 0 Å². The van der Waals surface area contributed by atoms with E-state index in [1.165, 1.54) is 24.0 Å². The number of nitrogens with one attached hydrogen (secondary N) is 1. The minimum atomic E-state index is -4.42. The van der Waals surface area contributed by atoms with Gasteiger partial charge in [0.25, 0.3) is 0 Å². The normalized spacial score (nSPS) is 21.3. The zero-order chi connectivity index (χ0) is 17.2. The maximum atomic E-state index is 12.6. The van der Waals surface area contributed by atoms with Crippen molar-refractivity contribution in [1.29, 1.82) is 0 Å². The van der Waals surface area contributed by atoms with Gasteiger partial charge in [0.15, 0.2) is 0 Å². The second-order valence-electron chi connectivity index (χ2n) is 5.48. The summed E-state index contributed by atoms with van der Waals surface area (Å²) >= 11 is 0. The average Bonchev–Trinajstić information content (AvgIpc) is 2.86. The molecular weight excluding hydrogens is 313 g/mol. The van der Waals surface area contributed by atoms with Crippen LogP contribution in [0.15, 0.2) is 24.3 Å². The van der Waals surface area contributed by atoms with E-state index < -0.39 is 23.9 Å². The molecule has 1 aromatic carbocycles. The van der Waals surface area contributed by atoms with Crippen molar-refractivity contribution in [1.82, 2.24) is 10.2 Å². The minimum Gasteiger partial charge on any atom is -0.391 e. The Kier molecular flexibility index (Phi) is 4.93. The lowest BCUT2D eigenvalue weighted by Crippen LogP contribution is -2.39. The van der Waals surface area contributed by atoms with Crippen LogP contribution in [0, 0.1) is 0 Å². The molecule has 0 saturated carbocycles. The Morgan fingerprint density at radius 2 is 1.91 bits per heavy atom. The van der Waals surface area contributed by atoms with Gasteiger partial charge in [-0.1, -0.05) is 12.1 Å². The van der Waals surface area contributed by atoms with Crippen molar-refractivity contribution in [2.24, 2.45) is 0 Å². The van der Waals surface area contributed by atoms with Crippen molar-refractivity contribution >= 4 is 11.8 Å². The number of hydrogen-bond donors (Lipinski definition) is 2. The van der Waals surface area contributed by atoms with Crippen molar-refractivity contribution in [2.45, 2.75) is 31.7 Å². The van der Waals surface area contributed by atoms with E-state index in [0.717, 1.165) is 12.1 Å². The highest BCUT2D eigenvalue weighted by Crippen LogP contribution is 2.34. The lowest BCUT2D eigenvalue weighted by molar-refractivity contribution is -0.137. The van der Waals surface area contributed by atoms with Gasteiger partial charge < -0.3 is 15.3 Å². The molecule has 2 rings (SSSR count). The SMILES string of the molecule is CC(=O)NCC(=O)N1CC(O)CC1c1ccc(C(F)(F)F)cc1. The molecule has 126 valence electrons. The summed E-state index contributed by atoms with van der Waals surface area (Å²) in [5, 5.41) is 12.2. The molecule has 0 bridgehead atoms. The zero-order valence-electron chi connectivity index (χ0n) is 12.4. The van der Waals surface area contributed by atoms with E-state index in [9.17, 15) is 27.9 Å². The van der Waals surface area contributed by atoms with E-state index >= 15 is 0 Å². The second-order valence-corrected chi connectivity index (χ2v) is 5.48. The van der Waals surface area contributed by atoms with E-state index in [1.54, 1.807) is 0 Å². The van der Waals surface area contributed by atoms with Crippen molar-refractivity contribution in [3.05, 3.63) is 35.4 Å². The van der Waals surface area contributed by atoms with Gasteiger partial charge in [0.2, 0.25) is 11.8 Å². The lowest BCUT2D eigenvalue weighted by Gasteiger charge is -2.25. The number of rotatable bonds is 3. The number of amides is 2. The van der Waals surface area contributed by atoms with E-state index in [0.29, 0.717) is 5.56 Å². The quantitative estimate of drug-likeness (QED) is 0.882. The molecule has 23 heavy (non-hydrogen) atoms. The molecule has 0 radical (unpaired) electrons. The van der Waals surface area contributed by atoms with Crippen LogP contribution in [-0.4, -0.2) is 41.0 Å². The van der Waals surface area contributed by atoms with Crippen LogP contribution in [-0.2, 0) is 15.8 Å². The molecule has 0 aromatic heterocycles. The average molecular weight is 330 g/mol. The molecule has 8 heteroatoms. The fraction of sp³-hybridized carbons (Fsp3) is 0.467. The monoisotopic (exact) mass is 330 g/mol. The van der Waals surface area contributed by atoms with Crippen molar-refractivity contribution in [3.63, 3.8) is 0 Å². The standard InChI is InChI=1S/C15H17F3N2O3/c1-9(21)19-7-14(23)20-8-12(22)6-13(20)10-2-4-11(5-3-10)15(16,17)18/h2-5,12-13,22H,6-8H2,1H3,(H,19,21). The highest BCUT2D eigenvalue weighted by Gasteiger charge is 2.36. The highest BCUT2D eigenvalue weighted by molar-refractivity contribution is 5.84. The van der Waals surface area contributed by atoms with E-state index in [4.69, 9.17) is 0 Å². The number of β-amino-alcohol motifs (C(OH)–C–C–N with tert-alkyl or cyclic N) is 1. The van der Waals surface area contributed by atoms with Gasteiger partial charge in [-0.2, -0.15) is 13.2 Å². The Morgan fingerprint density at radius 3 is 2.43 bits per heavy atom. The first-order valence-corrected chi connectivity index (χ1v) is 7.07. The number of benzene rings is 1. The van der Waals surface area contributed by atoms with Gasteiger partial charge in [-0.05, 0) is 24.1 Å². The van der Waals surface area contributed by atoms with Gasteiger partial charge in [-0.15, -0.1) is 0 Å². The van der Waals surface area contributed by atoms with Crippen LogP contribution < -0.4 is 5.32 Å². The third-order valence-corrected chi connectivity index (χ3v) is 3.71. The molecule has 1 aliphatic heterocycles. The van der Waals surface area contributed by atoms with Gasteiger partial charge in [0, 0.05) is 13.5 Å². The maximum absolute atomic E-state index is 12.6. The number of carbonyl (C=O) groups is 2. The fourth-order valence-electron chi connectivity index (χ4n) is 2.60. The summed E-state index contributed by atoms with van der Waals surface area (Å²) in [4.78, 5) is 24.4. The first-order valence-electron chi connectivity index (χ1n) is 7.07. The van der Waals surface area contributed by atoms with Crippen molar-refractivity contribution in [3.8, 4) is 0 Å². The molecular formula is C15H17F3N2O3. The molecule has 2 unspecified atom stereocenters. The molecule has 2 amide bonds. The lowest BCUT2D eigenvalue weighted by atomic mass is 10.0. The Morgan fingerprint density at radius 1 is 1.30 bits per heavy atom. The smallest absolute Gasteiger partial charge is 0.391 e. The van der Waals surface area contributed by atoms with Crippen molar-refractivity contribution < 1.29 is 27.9 Å². The Hall–Kier alpha value is -2.09. The summed E-state index contributed by atoms with van der Waals surface area (Å²) in [6, 6.07) is 4.02. The minimum absolute atomic E-state index is 0.0874. The number of aliphatic hydroxyl groups is 1. The van der Waals surface area contributed by atoms with Gasteiger partial charge >= 0.3 is 6.18 Å². The van der Waals surface area contributed by atoms with Crippen LogP contribution in [0.3, 0.4) is 0 Å². The number of halogens is 3. The predicted molar refractivity (Wildman–Crippen MR) is 75.2 cm³/mol. The first kappa shape index (κ1) is 17.3. The van der Waals surface area contributed by atoms with Gasteiger partial charge in [0.1, 0.15) is 0 Å². The number of hydrogen-bond acceptors (Lipinski definition) is 3. The van der Waals surface area contributed by atoms with Gasteiger partial charge in [-0.3, -0.25) is 9.59 Å². The third kappa shape index (κ3) is 4.22. The fourth-order valence-corrected chi connectivity index (χ4v) is 2.60. The summed E-state index contributed by atoms with van der Waals surface area (Å²) in [7, 11) is 0. The van der Waals surface area contributed by atoms with Gasteiger partial charge in [0.05, 0.1) is 24.3 Å². The van der Waals surface area contributed by atoms with E-state index in [2.05, 4.69) is 5.32 Å². The van der Waals surface area contributed by atoms with Crippen LogP contribution in [0.25, 0.3) is 0 Å². The second kappa shape index (κ2) is 6.57. The van der Waals surface area contributed by atoms with E-state index in [1.807, 2.05) is 0 Å². The maximum Gasteiger partial charge on any atom is 0.416 e. The van der Waals surface area contributed by atoms with Crippen LogP contribution in [0.2, 0.25) is 0 Å². The third-order valence-electron chi connectivity index (χ3n) is 3.71. The summed E-state index contributed by atoms with van der Waals surface area (Å²) in [5.74, 6) is -0.745. The largest absolute Gasteiger partial charge is 0.416 e. The topological polar surface area (TPSA) is 69.6 Å². The molecule has 1 fully saturated rings. The number of likely N-dealkylation sites (tertiary alicyclic amines) is 1. The molecule has 0 spiro atoms. The Bertz CT molecular complexity index is 587. The molecule has 1 aliphatic rings. The number of aliphatic hydroxyl groups excluding tert-OH is 1. The Labute approximate surface area is 131 Å². The molecule has 1 saturated heterocycles. The number of carbonyl (C=O) groups excluding carboxylic acids is 2. The highest BCUT2D eigenvalue weighted by atomic mass is 19.4.